The Balaban J connectivity index is 1.79. The number of hydrogen-bond donors (Lipinski definition) is 1. The molecule has 0 radical (unpaired) electrons. The van der Waals surface area contributed by atoms with Gasteiger partial charge in [-0.2, -0.15) is 4.98 Å². The molecule has 0 fully saturated rings. The molecule has 2 heterocycles. The molecule has 0 saturated heterocycles. The van der Waals surface area contributed by atoms with E-state index in [9.17, 15) is 4.79 Å². The van der Waals surface area contributed by atoms with Crippen molar-refractivity contribution in [2.45, 2.75) is 19.5 Å². The molecule has 0 aliphatic heterocycles. The molecule has 0 atom stereocenters. The van der Waals surface area contributed by atoms with Crippen LogP contribution in [-0.2, 0) is 24.2 Å². The van der Waals surface area contributed by atoms with Crippen LogP contribution in [0.2, 0.25) is 0 Å². The van der Waals surface area contributed by atoms with Crippen molar-refractivity contribution in [3.05, 3.63) is 34.6 Å². The lowest BCUT2D eigenvalue weighted by molar-refractivity contribution is 0.199. The Labute approximate surface area is 116 Å². The monoisotopic (exact) mass is 281 g/mol. The average molecular weight is 281 g/mol. The molecule has 2 aromatic heterocycles. The average Bonchev–Trinajstić information content (AvgIpc) is 3.03. The third-order valence-corrected chi connectivity index (χ3v) is 2.89. The first kappa shape index (κ1) is 14.5. The zero-order valence-electron chi connectivity index (χ0n) is 11.7. The molecule has 0 spiro atoms. The van der Waals surface area contributed by atoms with Crippen LogP contribution in [0.5, 0.6) is 0 Å². The van der Waals surface area contributed by atoms with Crippen molar-refractivity contribution in [1.82, 2.24) is 24.6 Å². The Hall–Kier alpha value is -1.93. The lowest BCUT2D eigenvalue weighted by atomic mass is 10.4. The van der Waals surface area contributed by atoms with E-state index in [1.807, 2.05) is 11.9 Å². The Kier molecular flexibility index (Phi) is 5.08. The number of nitrogens with one attached hydrogen (secondary N) is 1. The largest absolute Gasteiger partial charge is 0.384 e. The summed E-state index contributed by atoms with van der Waals surface area (Å²) in [4.78, 5) is 20.2. The first-order valence-electron chi connectivity index (χ1n) is 6.42. The third kappa shape index (κ3) is 4.04. The number of aromatic nitrogens is 4. The van der Waals surface area contributed by atoms with Gasteiger partial charge in [0.2, 0.25) is 5.89 Å². The van der Waals surface area contributed by atoms with Crippen molar-refractivity contribution < 1.29 is 9.26 Å². The maximum atomic E-state index is 11.3. The van der Waals surface area contributed by atoms with Gasteiger partial charge in [-0.25, -0.2) is 4.79 Å². The molecule has 0 amide bonds. The van der Waals surface area contributed by atoms with E-state index in [-0.39, 0.29) is 5.69 Å². The molecular formula is C12H19N5O3. The van der Waals surface area contributed by atoms with Crippen LogP contribution in [0.3, 0.4) is 0 Å². The highest BCUT2D eigenvalue weighted by atomic mass is 16.5. The molecule has 0 aromatic carbocycles. The number of rotatable bonds is 8. The summed E-state index contributed by atoms with van der Waals surface area (Å²) in [5, 5.41) is 3.88. The molecule has 0 bridgehead atoms. The summed E-state index contributed by atoms with van der Waals surface area (Å²) in [6, 6.07) is 0. The predicted molar refractivity (Wildman–Crippen MR) is 71.3 cm³/mol. The van der Waals surface area contributed by atoms with Crippen LogP contribution in [0.4, 0.5) is 0 Å². The molecule has 110 valence electrons. The smallest absolute Gasteiger partial charge is 0.325 e. The van der Waals surface area contributed by atoms with Gasteiger partial charge in [0.15, 0.2) is 5.82 Å². The van der Waals surface area contributed by atoms with Gasteiger partial charge in [0.1, 0.15) is 0 Å². The summed E-state index contributed by atoms with van der Waals surface area (Å²) >= 11 is 0. The first-order valence-corrected chi connectivity index (χ1v) is 6.42. The Morgan fingerprint density at radius 3 is 3.10 bits per heavy atom. The van der Waals surface area contributed by atoms with Crippen molar-refractivity contribution in [2.75, 3.05) is 27.3 Å². The van der Waals surface area contributed by atoms with E-state index in [4.69, 9.17) is 9.26 Å². The second-order valence-electron chi connectivity index (χ2n) is 4.54. The summed E-state index contributed by atoms with van der Waals surface area (Å²) in [5.41, 5.74) is -0.0990. The fourth-order valence-corrected chi connectivity index (χ4v) is 1.76. The highest BCUT2D eigenvalue weighted by Crippen LogP contribution is 2.02. The van der Waals surface area contributed by atoms with Crippen LogP contribution in [0.15, 0.2) is 21.7 Å². The van der Waals surface area contributed by atoms with Crippen molar-refractivity contribution >= 4 is 0 Å². The van der Waals surface area contributed by atoms with Crippen LogP contribution >= 0.6 is 0 Å². The quantitative estimate of drug-likeness (QED) is 0.725. The van der Waals surface area contributed by atoms with Gasteiger partial charge < -0.3 is 14.2 Å². The van der Waals surface area contributed by atoms with E-state index < -0.39 is 0 Å². The summed E-state index contributed by atoms with van der Waals surface area (Å²) < 4.78 is 11.7. The third-order valence-electron chi connectivity index (χ3n) is 2.89. The Bertz CT molecular complexity index is 573. The number of ether oxygens (including phenoxy) is 1. The van der Waals surface area contributed by atoms with Crippen LogP contribution in [0.25, 0.3) is 0 Å². The second-order valence-corrected chi connectivity index (χ2v) is 4.54. The number of hydrogen-bond acceptors (Lipinski definition) is 6. The molecule has 8 heteroatoms. The van der Waals surface area contributed by atoms with E-state index in [0.29, 0.717) is 44.4 Å². The zero-order valence-corrected chi connectivity index (χ0v) is 11.7. The van der Waals surface area contributed by atoms with Crippen LogP contribution in [-0.4, -0.2) is 51.9 Å². The molecule has 1 N–H and O–H groups in total. The van der Waals surface area contributed by atoms with Crippen molar-refractivity contribution in [3.63, 3.8) is 0 Å². The first-order chi connectivity index (χ1) is 9.69. The maximum Gasteiger partial charge on any atom is 0.325 e. The van der Waals surface area contributed by atoms with Gasteiger partial charge >= 0.3 is 5.69 Å². The summed E-state index contributed by atoms with van der Waals surface area (Å²) in [7, 11) is 3.58. The number of imidazole rings is 1. The fraction of sp³-hybridized carbons (Fsp3) is 0.583. The maximum absolute atomic E-state index is 11.3. The lowest BCUT2D eigenvalue weighted by Gasteiger charge is -2.13. The van der Waals surface area contributed by atoms with Gasteiger partial charge in [-0.05, 0) is 7.05 Å². The van der Waals surface area contributed by atoms with Crippen LogP contribution < -0.4 is 5.69 Å². The van der Waals surface area contributed by atoms with Crippen molar-refractivity contribution in [1.29, 1.82) is 0 Å². The number of aromatic amines is 1. The van der Waals surface area contributed by atoms with Gasteiger partial charge in [-0.3, -0.25) is 9.47 Å². The van der Waals surface area contributed by atoms with E-state index >= 15 is 0 Å². The van der Waals surface area contributed by atoms with Gasteiger partial charge in [0.05, 0.1) is 13.2 Å². The minimum atomic E-state index is -0.0990. The Morgan fingerprint density at radius 2 is 2.40 bits per heavy atom. The fourth-order valence-electron chi connectivity index (χ4n) is 1.76. The molecule has 0 aliphatic carbocycles. The van der Waals surface area contributed by atoms with E-state index in [1.165, 1.54) is 0 Å². The topological polar surface area (TPSA) is 89.2 Å². The SMILES string of the molecule is COCCc1noc(CN(C)CCn2cc[nH]c2=O)n1. The van der Waals surface area contributed by atoms with Crippen LogP contribution in [0.1, 0.15) is 11.7 Å². The predicted octanol–water partition coefficient (Wildman–Crippen LogP) is -0.120. The van der Waals surface area contributed by atoms with Gasteiger partial charge in [0.25, 0.3) is 0 Å². The normalized spacial score (nSPS) is 11.3. The van der Waals surface area contributed by atoms with Crippen LogP contribution in [0, 0.1) is 0 Å². The highest BCUT2D eigenvalue weighted by Gasteiger charge is 2.09. The molecule has 0 aliphatic rings. The van der Waals surface area contributed by atoms with Gasteiger partial charge in [-0.1, -0.05) is 5.16 Å². The molecule has 0 unspecified atom stereocenters. The number of likely N-dealkylation sites (N-methyl/N-ethyl adjacent to an activating group) is 1. The minimum absolute atomic E-state index is 0.0990. The van der Waals surface area contributed by atoms with Crippen molar-refractivity contribution in [2.24, 2.45) is 0 Å². The van der Waals surface area contributed by atoms with Crippen molar-refractivity contribution in [3.8, 4) is 0 Å². The summed E-state index contributed by atoms with van der Waals surface area (Å²) in [5.74, 6) is 1.22. The number of nitrogens with zero attached hydrogens (tertiary/aromatic N) is 4. The minimum Gasteiger partial charge on any atom is -0.384 e. The van der Waals surface area contributed by atoms with E-state index in [2.05, 4.69) is 15.1 Å². The lowest BCUT2D eigenvalue weighted by Crippen LogP contribution is -2.26. The number of methoxy groups -OCH3 is 1. The molecule has 0 saturated carbocycles. The second kappa shape index (κ2) is 7.01. The van der Waals surface area contributed by atoms with Gasteiger partial charge in [-0.15, -0.1) is 0 Å². The molecule has 20 heavy (non-hydrogen) atoms. The molecule has 2 rings (SSSR count). The molecule has 8 nitrogen and oxygen atoms in total. The summed E-state index contributed by atoms with van der Waals surface area (Å²) in [6.07, 6.45) is 4.00. The van der Waals surface area contributed by atoms with Gasteiger partial charge in [0, 0.05) is 39.0 Å². The number of H-pyrrole nitrogens is 1. The van der Waals surface area contributed by atoms with E-state index in [0.717, 1.165) is 0 Å². The molecular weight excluding hydrogens is 262 g/mol. The Morgan fingerprint density at radius 1 is 1.55 bits per heavy atom. The zero-order chi connectivity index (χ0) is 14.4. The van der Waals surface area contributed by atoms with E-state index in [1.54, 1.807) is 24.1 Å². The molecule has 2 aromatic rings. The highest BCUT2D eigenvalue weighted by molar-refractivity contribution is 4.86. The summed E-state index contributed by atoms with van der Waals surface area (Å²) in [6.45, 7) is 2.46. The standard InChI is InChI=1S/C12H19N5O3/c1-16(6-7-17-5-4-13-12(17)18)9-11-14-10(15-20-11)3-8-19-2/h4-5H,3,6-9H2,1-2H3,(H,13,18).